The van der Waals surface area contributed by atoms with Gasteiger partial charge in [0.15, 0.2) is 0 Å². The molecule has 166 valence electrons. The van der Waals surface area contributed by atoms with Gasteiger partial charge in [0.2, 0.25) is 5.91 Å². The number of carboxylic acid groups (broad SMARTS) is 1. The summed E-state index contributed by atoms with van der Waals surface area (Å²) < 4.78 is 19.4. The quantitative estimate of drug-likeness (QED) is 0.515. The van der Waals surface area contributed by atoms with Gasteiger partial charge in [-0.3, -0.25) is 19.3 Å². The molecule has 10 heteroatoms. The first kappa shape index (κ1) is 22.0. The van der Waals surface area contributed by atoms with Crippen molar-refractivity contribution in [3.63, 3.8) is 0 Å². The number of hydrogen-bond donors (Lipinski definition) is 2. The number of furan rings is 1. The Bertz CT molecular complexity index is 1320. The molecule has 0 unspecified atom stereocenters. The number of halogens is 1. The van der Waals surface area contributed by atoms with Crippen LogP contribution in [0.5, 0.6) is 0 Å². The number of hydrogen-bond acceptors (Lipinski definition) is 6. The molecule has 1 saturated heterocycles. The maximum atomic E-state index is 13.7. The van der Waals surface area contributed by atoms with E-state index < -0.39 is 35.4 Å². The zero-order valence-electron chi connectivity index (χ0n) is 16.8. The number of thioether (sulfide) groups is 1. The molecule has 2 N–H and O–H groups in total. The molecule has 0 atom stereocenters. The van der Waals surface area contributed by atoms with Crippen LogP contribution in [0, 0.1) is 5.82 Å². The molecule has 4 rings (SSSR count). The van der Waals surface area contributed by atoms with Crippen LogP contribution in [0.4, 0.5) is 14.9 Å². The van der Waals surface area contributed by atoms with Crippen LogP contribution in [-0.2, 0) is 9.59 Å². The lowest BCUT2D eigenvalue weighted by Crippen LogP contribution is -2.36. The molecule has 0 bridgehead atoms. The molecular formula is C23H15FN2O6S. The first-order valence-corrected chi connectivity index (χ1v) is 10.4. The highest BCUT2D eigenvalue weighted by Gasteiger charge is 2.36. The van der Waals surface area contributed by atoms with Gasteiger partial charge in [-0.2, -0.15) is 0 Å². The fraction of sp³-hybridized carbons (Fsp3) is 0.0435. The number of rotatable bonds is 6. The summed E-state index contributed by atoms with van der Waals surface area (Å²) in [6, 6.07) is 14.9. The fourth-order valence-corrected chi connectivity index (χ4v) is 3.87. The topological polar surface area (TPSA) is 117 Å². The number of carboxylic acids is 1. The lowest BCUT2D eigenvalue weighted by Gasteiger charge is -2.12. The number of aromatic carboxylic acids is 1. The molecule has 8 nitrogen and oxygen atoms in total. The number of anilines is 1. The van der Waals surface area contributed by atoms with E-state index in [-0.39, 0.29) is 21.9 Å². The van der Waals surface area contributed by atoms with E-state index in [1.165, 1.54) is 42.5 Å². The van der Waals surface area contributed by atoms with E-state index in [1.807, 2.05) is 0 Å². The first-order chi connectivity index (χ1) is 15.8. The minimum Gasteiger partial charge on any atom is -0.478 e. The Kier molecular flexibility index (Phi) is 6.09. The lowest BCUT2D eigenvalue weighted by molar-refractivity contribution is -0.127. The van der Waals surface area contributed by atoms with E-state index in [2.05, 4.69) is 5.32 Å². The van der Waals surface area contributed by atoms with Crippen LogP contribution < -0.4 is 5.32 Å². The van der Waals surface area contributed by atoms with Crippen LogP contribution >= 0.6 is 11.8 Å². The van der Waals surface area contributed by atoms with Gasteiger partial charge in [-0.1, -0.05) is 24.3 Å². The van der Waals surface area contributed by atoms with E-state index in [0.29, 0.717) is 23.1 Å². The van der Waals surface area contributed by atoms with Gasteiger partial charge in [0.25, 0.3) is 11.1 Å². The lowest BCUT2D eigenvalue weighted by atomic mass is 10.1. The zero-order chi connectivity index (χ0) is 23.5. The van der Waals surface area contributed by atoms with Gasteiger partial charge in [0.1, 0.15) is 23.9 Å². The molecule has 1 aliphatic heterocycles. The minimum absolute atomic E-state index is 0.0545. The molecule has 2 heterocycles. The number of nitrogens with one attached hydrogen (secondary N) is 1. The number of carbonyl (C=O) groups excluding carboxylic acids is 3. The van der Waals surface area contributed by atoms with Crippen LogP contribution in [0.3, 0.4) is 0 Å². The summed E-state index contributed by atoms with van der Waals surface area (Å²) in [5.74, 6) is -2.46. The summed E-state index contributed by atoms with van der Waals surface area (Å²) in [5.41, 5.74) is 0.577. The van der Waals surface area contributed by atoms with Crippen molar-refractivity contribution < 1.29 is 33.1 Å². The summed E-state index contributed by atoms with van der Waals surface area (Å²) in [4.78, 5) is 49.0. The normalized spacial score (nSPS) is 14.7. The standard InChI is InChI=1S/C23H15FN2O6S/c24-16-6-1-2-7-17(16)25-20(27)12-26-21(28)19(33-23(26)31)11-15-8-9-18(32-15)13-4-3-5-14(10-13)22(29)30/h1-11H,12H2,(H,25,27)(H,29,30)/b19-11+. The molecule has 2 aromatic carbocycles. The van der Waals surface area contributed by atoms with Crippen molar-refractivity contribution in [2.75, 3.05) is 11.9 Å². The third-order valence-corrected chi connectivity index (χ3v) is 5.52. The average Bonchev–Trinajstić information content (AvgIpc) is 3.36. The van der Waals surface area contributed by atoms with E-state index in [4.69, 9.17) is 9.52 Å². The van der Waals surface area contributed by atoms with Gasteiger partial charge in [-0.05, 0) is 48.2 Å². The van der Waals surface area contributed by atoms with Gasteiger partial charge in [-0.25, -0.2) is 9.18 Å². The number of benzene rings is 2. The van der Waals surface area contributed by atoms with Gasteiger partial charge >= 0.3 is 5.97 Å². The van der Waals surface area contributed by atoms with Crippen molar-refractivity contribution in [3.05, 3.63) is 82.7 Å². The number of para-hydroxylation sites is 1. The predicted octanol–water partition coefficient (Wildman–Crippen LogP) is 4.46. The highest BCUT2D eigenvalue weighted by atomic mass is 32.2. The van der Waals surface area contributed by atoms with Crippen LogP contribution in [0.25, 0.3) is 17.4 Å². The third kappa shape index (κ3) is 4.85. The first-order valence-electron chi connectivity index (χ1n) is 9.55. The SMILES string of the molecule is O=C(CN1C(=O)S/C(=C/c2ccc(-c3cccc(C(=O)O)c3)o2)C1=O)Nc1ccccc1F. The van der Waals surface area contributed by atoms with Gasteiger partial charge < -0.3 is 14.8 Å². The molecular weight excluding hydrogens is 451 g/mol. The molecule has 0 spiro atoms. The van der Waals surface area contributed by atoms with Crippen LogP contribution in [0.2, 0.25) is 0 Å². The number of carbonyl (C=O) groups is 4. The summed E-state index contributed by atoms with van der Waals surface area (Å²) in [6.45, 7) is -0.568. The number of nitrogens with zero attached hydrogens (tertiary/aromatic N) is 1. The van der Waals surface area contributed by atoms with Gasteiger partial charge in [-0.15, -0.1) is 0 Å². The Balaban J connectivity index is 1.47. The molecule has 33 heavy (non-hydrogen) atoms. The smallest absolute Gasteiger partial charge is 0.335 e. The Morgan fingerprint density at radius 3 is 2.64 bits per heavy atom. The zero-order valence-corrected chi connectivity index (χ0v) is 17.6. The monoisotopic (exact) mass is 466 g/mol. The number of amides is 3. The van der Waals surface area contributed by atoms with E-state index in [1.54, 1.807) is 24.3 Å². The van der Waals surface area contributed by atoms with E-state index in [0.717, 1.165) is 4.90 Å². The van der Waals surface area contributed by atoms with Crippen LogP contribution in [0.15, 0.2) is 70.0 Å². The Morgan fingerprint density at radius 2 is 1.88 bits per heavy atom. The maximum Gasteiger partial charge on any atom is 0.335 e. The van der Waals surface area contributed by atoms with Crippen LogP contribution in [-0.4, -0.2) is 39.6 Å². The fourth-order valence-electron chi connectivity index (χ4n) is 3.05. The van der Waals surface area contributed by atoms with E-state index >= 15 is 0 Å². The second-order valence-electron chi connectivity index (χ2n) is 6.88. The highest BCUT2D eigenvalue weighted by Crippen LogP contribution is 2.33. The molecule has 3 aromatic rings. The summed E-state index contributed by atoms with van der Waals surface area (Å²) in [7, 11) is 0. The van der Waals surface area contributed by atoms with Crippen molar-refractivity contribution in [1.29, 1.82) is 0 Å². The molecule has 0 aliphatic carbocycles. The Morgan fingerprint density at radius 1 is 1.09 bits per heavy atom. The highest BCUT2D eigenvalue weighted by molar-refractivity contribution is 8.18. The molecule has 3 amide bonds. The minimum atomic E-state index is -1.07. The summed E-state index contributed by atoms with van der Waals surface area (Å²) >= 11 is 0.646. The van der Waals surface area contributed by atoms with Crippen molar-refractivity contribution in [3.8, 4) is 11.3 Å². The van der Waals surface area contributed by atoms with Gasteiger partial charge in [0.05, 0.1) is 16.2 Å². The Hall–Kier alpha value is -4.18. The second-order valence-corrected chi connectivity index (χ2v) is 7.88. The largest absolute Gasteiger partial charge is 0.478 e. The van der Waals surface area contributed by atoms with Crippen molar-refractivity contribution in [2.24, 2.45) is 0 Å². The molecule has 1 aliphatic rings. The summed E-state index contributed by atoms with van der Waals surface area (Å²) in [5, 5.41) is 10.8. The number of imide groups is 1. The second kappa shape index (κ2) is 9.13. The third-order valence-electron chi connectivity index (χ3n) is 4.62. The van der Waals surface area contributed by atoms with Crippen LogP contribution in [0.1, 0.15) is 16.1 Å². The Labute approximate surface area is 190 Å². The predicted molar refractivity (Wildman–Crippen MR) is 119 cm³/mol. The molecule has 1 fully saturated rings. The van der Waals surface area contributed by atoms with Crippen molar-refractivity contribution in [2.45, 2.75) is 0 Å². The van der Waals surface area contributed by atoms with Gasteiger partial charge in [0, 0.05) is 11.6 Å². The molecule has 0 saturated carbocycles. The average molecular weight is 466 g/mol. The maximum absolute atomic E-state index is 13.7. The van der Waals surface area contributed by atoms with Crippen molar-refractivity contribution >= 4 is 46.5 Å². The molecule has 1 aromatic heterocycles. The van der Waals surface area contributed by atoms with E-state index in [9.17, 15) is 23.6 Å². The van der Waals surface area contributed by atoms with Crippen molar-refractivity contribution in [1.82, 2.24) is 4.90 Å². The summed E-state index contributed by atoms with van der Waals surface area (Å²) in [6.07, 6.45) is 1.37. The molecule has 0 radical (unpaired) electrons.